The maximum atomic E-state index is 5.40. The molecule has 0 fully saturated rings. The first-order valence-corrected chi connectivity index (χ1v) is 7.17. The molecule has 0 aromatic heterocycles. The number of ether oxygens (including phenoxy) is 2. The molecule has 0 aliphatic carbocycles. The summed E-state index contributed by atoms with van der Waals surface area (Å²) >= 11 is 0. The lowest BCUT2D eigenvalue weighted by Gasteiger charge is -2.09. The van der Waals surface area contributed by atoms with Gasteiger partial charge in [0.1, 0.15) is 6.61 Å². The minimum absolute atomic E-state index is 0.204. The van der Waals surface area contributed by atoms with Crippen LogP contribution in [-0.2, 0) is 9.47 Å². The van der Waals surface area contributed by atoms with Crippen molar-refractivity contribution in [2.75, 3.05) is 13.2 Å². The SMILES string of the molecule is CCOC(C)OCC#Cc1ccc(-c2ccccc2)cc1. The predicted octanol–water partition coefficient (Wildman–Crippen LogP) is 4.10. The first kappa shape index (κ1) is 15.3. The standard InChI is InChI=1S/C19H20O2/c1-3-20-16(2)21-15-7-8-17-11-13-19(14-12-17)18-9-5-4-6-10-18/h4-6,9-14,16H,3,15H2,1-2H3. The highest BCUT2D eigenvalue weighted by molar-refractivity contribution is 5.64. The maximum absolute atomic E-state index is 5.40. The first-order valence-electron chi connectivity index (χ1n) is 7.17. The molecule has 0 saturated carbocycles. The summed E-state index contributed by atoms with van der Waals surface area (Å²) in [4.78, 5) is 0. The van der Waals surface area contributed by atoms with E-state index in [0.717, 1.165) is 5.56 Å². The van der Waals surface area contributed by atoms with Crippen LogP contribution in [0, 0.1) is 11.8 Å². The summed E-state index contributed by atoms with van der Waals surface area (Å²) < 4.78 is 10.7. The van der Waals surface area contributed by atoms with Gasteiger partial charge in [-0.15, -0.1) is 0 Å². The average Bonchev–Trinajstić information content (AvgIpc) is 2.53. The fraction of sp³-hybridized carbons (Fsp3) is 0.263. The van der Waals surface area contributed by atoms with Gasteiger partial charge >= 0.3 is 0 Å². The monoisotopic (exact) mass is 280 g/mol. The number of hydrogen-bond acceptors (Lipinski definition) is 2. The van der Waals surface area contributed by atoms with Crippen LogP contribution in [0.1, 0.15) is 19.4 Å². The number of hydrogen-bond donors (Lipinski definition) is 0. The number of benzene rings is 2. The quantitative estimate of drug-likeness (QED) is 0.606. The summed E-state index contributed by atoms with van der Waals surface area (Å²) in [5.74, 6) is 6.09. The zero-order valence-corrected chi connectivity index (χ0v) is 12.5. The van der Waals surface area contributed by atoms with Gasteiger partial charge < -0.3 is 9.47 Å². The minimum Gasteiger partial charge on any atom is -0.353 e. The second kappa shape index (κ2) is 8.26. The van der Waals surface area contributed by atoms with Crippen LogP contribution in [0.25, 0.3) is 11.1 Å². The van der Waals surface area contributed by atoms with E-state index in [4.69, 9.17) is 9.47 Å². The molecule has 1 unspecified atom stereocenters. The van der Waals surface area contributed by atoms with Crippen LogP contribution in [0.4, 0.5) is 0 Å². The third kappa shape index (κ3) is 5.07. The summed E-state index contributed by atoms with van der Waals surface area (Å²) in [6, 6.07) is 18.5. The molecular weight excluding hydrogens is 260 g/mol. The Hall–Kier alpha value is -2.08. The van der Waals surface area contributed by atoms with Crippen LogP contribution in [0.3, 0.4) is 0 Å². The molecule has 0 amide bonds. The fourth-order valence-corrected chi connectivity index (χ4v) is 1.96. The molecule has 2 aromatic carbocycles. The Balaban J connectivity index is 1.91. The summed E-state index contributed by atoms with van der Waals surface area (Å²) in [5, 5.41) is 0. The smallest absolute Gasteiger partial charge is 0.156 e. The van der Waals surface area contributed by atoms with E-state index in [1.54, 1.807) is 0 Å². The molecule has 2 nitrogen and oxygen atoms in total. The van der Waals surface area contributed by atoms with Gasteiger partial charge in [0.15, 0.2) is 6.29 Å². The van der Waals surface area contributed by atoms with Crippen LogP contribution in [-0.4, -0.2) is 19.5 Å². The lowest BCUT2D eigenvalue weighted by Crippen LogP contribution is -2.12. The van der Waals surface area contributed by atoms with Gasteiger partial charge in [-0.1, -0.05) is 54.3 Å². The van der Waals surface area contributed by atoms with Gasteiger partial charge in [0.25, 0.3) is 0 Å². The molecule has 1 atom stereocenters. The lowest BCUT2D eigenvalue weighted by molar-refractivity contribution is -0.117. The van der Waals surface area contributed by atoms with Crippen LogP contribution >= 0.6 is 0 Å². The van der Waals surface area contributed by atoms with Crippen LogP contribution in [0.2, 0.25) is 0 Å². The molecule has 0 aliphatic rings. The first-order chi connectivity index (χ1) is 10.3. The van der Waals surface area contributed by atoms with Crippen molar-refractivity contribution in [2.24, 2.45) is 0 Å². The molecule has 0 aliphatic heterocycles. The average molecular weight is 280 g/mol. The summed E-state index contributed by atoms with van der Waals surface area (Å²) in [6.07, 6.45) is -0.204. The molecule has 0 N–H and O–H groups in total. The summed E-state index contributed by atoms with van der Waals surface area (Å²) in [5.41, 5.74) is 3.40. The third-order valence-electron chi connectivity index (χ3n) is 3.02. The second-order valence-electron chi connectivity index (χ2n) is 4.58. The molecule has 108 valence electrons. The van der Waals surface area contributed by atoms with E-state index in [1.165, 1.54) is 11.1 Å². The molecule has 0 heterocycles. The van der Waals surface area contributed by atoms with E-state index >= 15 is 0 Å². The Morgan fingerprint density at radius 1 is 0.905 bits per heavy atom. The highest BCUT2D eigenvalue weighted by Gasteiger charge is 1.97. The van der Waals surface area contributed by atoms with E-state index in [0.29, 0.717) is 13.2 Å². The number of rotatable bonds is 5. The molecule has 2 rings (SSSR count). The van der Waals surface area contributed by atoms with Crippen molar-refractivity contribution in [1.82, 2.24) is 0 Å². The van der Waals surface area contributed by atoms with E-state index in [2.05, 4.69) is 36.1 Å². The van der Waals surface area contributed by atoms with Crippen molar-refractivity contribution >= 4 is 0 Å². The van der Waals surface area contributed by atoms with Gasteiger partial charge in [0.05, 0.1) is 0 Å². The molecular formula is C19H20O2. The van der Waals surface area contributed by atoms with Crippen LogP contribution in [0.15, 0.2) is 54.6 Å². The Morgan fingerprint density at radius 2 is 1.57 bits per heavy atom. The van der Waals surface area contributed by atoms with Gasteiger partial charge in [-0.05, 0) is 37.1 Å². The van der Waals surface area contributed by atoms with Crippen molar-refractivity contribution in [3.8, 4) is 23.0 Å². The molecule has 2 aromatic rings. The Bertz CT molecular complexity index is 591. The molecule has 0 saturated heterocycles. The van der Waals surface area contributed by atoms with Crippen LogP contribution < -0.4 is 0 Å². The van der Waals surface area contributed by atoms with Gasteiger partial charge in [0.2, 0.25) is 0 Å². The summed E-state index contributed by atoms with van der Waals surface area (Å²) in [7, 11) is 0. The highest BCUT2D eigenvalue weighted by atomic mass is 16.7. The van der Waals surface area contributed by atoms with Gasteiger partial charge in [-0.25, -0.2) is 0 Å². The van der Waals surface area contributed by atoms with Crippen LogP contribution in [0.5, 0.6) is 0 Å². The molecule has 0 radical (unpaired) electrons. The van der Waals surface area contributed by atoms with Crippen molar-refractivity contribution in [3.63, 3.8) is 0 Å². The fourth-order valence-electron chi connectivity index (χ4n) is 1.96. The minimum atomic E-state index is -0.204. The highest BCUT2D eigenvalue weighted by Crippen LogP contribution is 2.18. The zero-order valence-electron chi connectivity index (χ0n) is 12.5. The Kier molecular flexibility index (Phi) is 6.02. The van der Waals surface area contributed by atoms with Gasteiger partial charge in [0, 0.05) is 12.2 Å². The topological polar surface area (TPSA) is 18.5 Å². The van der Waals surface area contributed by atoms with E-state index in [1.807, 2.05) is 44.2 Å². The van der Waals surface area contributed by atoms with E-state index in [9.17, 15) is 0 Å². The van der Waals surface area contributed by atoms with Crippen molar-refractivity contribution < 1.29 is 9.47 Å². The second-order valence-corrected chi connectivity index (χ2v) is 4.58. The molecule has 0 spiro atoms. The summed E-state index contributed by atoms with van der Waals surface area (Å²) in [6.45, 7) is 4.84. The maximum Gasteiger partial charge on any atom is 0.156 e. The van der Waals surface area contributed by atoms with E-state index < -0.39 is 0 Å². The molecule has 2 heteroatoms. The normalized spacial score (nSPS) is 11.5. The molecule has 21 heavy (non-hydrogen) atoms. The Labute approximate surface area is 126 Å². The van der Waals surface area contributed by atoms with Gasteiger partial charge in [-0.2, -0.15) is 0 Å². The largest absolute Gasteiger partial charge is 0.353 e. The predicted molar refractivity (Wildman–Crippen MR) is 85.8 cm³/mol. The zero-order chi connectivity index (χ0) is 14.9. The van der Waals surface area contributed by atoms with Crippen molar-refractivity contribution in [1.29, 1.82) is 0 Å². The van der Waals surface area contributed by atoms with Crippen molar-refractivity contribution in [3.05, 3.63) is 60.2 Å². The van der Waals surface area contributed by atoms with Gasteiger partial charge in [-0.3, -0.25) is 0 Å². The Morgan fingerprint density at radius 3 is 2.24 bits per heavy atom. The lowest BCUT2D eigenvalue weighted by atomic mass is 10.0. The molecule has 0 bridgehead atoms. The van der Waals surface area contributed by atoms with Crippen molar-refractivity contribution in [2.45, 2.75) is 20.1 Å². The third-order valence-corrected chi connectivity index (χ3v) is 3.02. The van der Waals surface area contributed by atoms with E-state index in [-0.39, 0.29) is 6.29 Å².